The summed E-state index contributed by atoms with van der Waals surface area (Å²) >= 11 is 0. The molecule has 1 N–H and O–H groups in total. The van der Waals surface area contributed by atoms with Gasteiger partial charge in [0.25, 0.3) is 0 Å². The summed E-state index contributed by atoms with van der Waals surface area (Å²) in [6.07, 6.45) is 5.12. The number of aliphatic hydroxyl groups excluding tert-OH is 1. The predicted molar refractivity (Wildman–Crippen MR) is 88.0 cm³/mol. The highest BCUT2D eigenvalue weighted by Gasteiger charge is 2.21. The number of rotatable bonds is 11. The van der Waals surface area contributed by atoms with Gasteiger partial charge in [0.05, 0.1) is 18.1 Å². The van der Waals surface area contributed by atoms with Gasteiger partial charge >= 0.3 is 0 Å². The Morgan fingerprint density at radius 2 is 1.95 bits per heavy atom. The van der Waals surface area contributed by atoms with E-state index in [1.54, 1.807) is 0 Å². The number of hydrogen-bond acceptors (Lipinski definition) is 4. The highest BCUT2D eigenvalue weighted by Crippen LogP contribution is 2.29. The molecule has 1 aliphatic carbocycles. The van der Waals surface area contributed by atoms with E-state index in [0.29, 0.717) is 25.2 Å². The third-order valence-corrected chi connectivity index (χ3v) is 5.63. The van der Waals surface area contributed by atoms with Crippen LogP contribution in [0.15, 0.2) is 24.3 Å². The zero-order valence-electron chi connectivity index (χ0n) is 13.0. The second-order valence-corrected chi connectivity index (χ2v) is 8.39. The molecule has 1 fully saturated rings. The summed E-state index contributed by atoms with van der Waals surface area (Å²) in [5.41, 5.74) is 1.01. The van der Waals surface area contributed by atoms with E-state index >= 15 is 0 Å². The van der Waals surface area contributed by atoms with Crippen molar-refractivity contribution < 1.29 is 18.3 Å². The van der Waals surface area contributed by atoms with Gasteiger partial charge < -0.3 is 9.84 Å². The van der Waals surface area contributed by atoms with Crippen LogP contribution >= 0.6 is 0 Å². The highest BCUT2D eigenvalue weighted by atomic mass is 32.2. The number of hydrogen-bond donors (Lipinski definition) is 1. The Morgan fingerprint density at radius 1 is 1.14 bits per heavy atom. The Bertz CT molecular complexity index is 550. The van der Waals surface area contributed by atoms with Crippen LogP contribution in [0.2, 0.25) is 0 Å². The van der Waals surface area contributed by atoms with Gasteiger partial charge in [-0.2, -0.15) is 0 Å². The fraction of sp³-hybridized carbons (Fsp3) is 0.647. The Labute approximate surface area is 133 Å². The van der Waals surface area contributed by atoms with Crippen LogP contribution in [0, 0.1) is 5.92 Å². The van der Waals surface area contributed by atoms with Crippen molar-refractivity contribution in [3.05, 3.63) is 29.8 Å². The van der Waals surface area contributed by atoms with E-state index in [2.05, 4.69) is 0 Å². The summed E-state index contributed by atoms with van der Waals surface area (Å²) in [5, 5.41) is 8.69. The number of benzene rings is 1. The SMILES string of the molecule is O=S(=O)(CCCCCO)CCc1cccc(OCC2CC2)c1. The summed E-state index contributed by atoms with van der Waals surface area (Å²) in [6.45, 7) is 0.903. The van der Waals surface area contributed by atoms with E-state index in [4.69, 9.17) is 9.84 Å². The quantitative estimate of drug-likeness (QED) is 0.635. The third kappa shape index (κ3) is 6.79. The van der Waals surface area contributed by atoms with Gasteiger partial charge in [0.15, 0.2) is 9.84 Å². The van der Waals surface area contributed by atoms with Crippen LogP contribution in [0.3, 0.4) is 0 Å². The normalized spacial score (nSPS) is 15.0. The van der Waals surface area contributed by atoms with E-state index in [1.807, 2.05) is 24.3 Å². The van der Waals surface area contributed by atoms with Gasteiger partial charge in [0.2, 0.25) is 0 Å². The molecule has 4 nitrogen and oxygen atoms in total. The Morgan fingerprint density at radius 3 is 2.68 bits per heavy atom. The van der Waals surface area contributed by atoms with Crippen molar-refractivity contribution in [1.29, 1.82) is 0 Å². The van der Waals surface area contributed by atoms with Crippen molar-refractivity contribution in [2.75, 3.05) is 24.7 Å². The number of sulfone groups is 1. The first-order valence-corrected chi connectivity index (χ1v) is 9.94. The van der Waals surface area contributed by atoms with Crippen LogP contribution in [0.5, 0.6) is 5.75 Å². The number of ether oxygens (including phenoxy) is 1. The molecule has 0 amide bonds. The summed E-state index contributed by atoms with van der Waals surface area (Å²) in [7, 11) is -3.01. The highest BCUT2D eigenvalue weighted by molar-refractivity contribution is 7.91. The molecule has 0 aromatic heterocycles. The first-order chi connectivity index (χ1) is 10.6. The first-order valence-electron chi connectivity index (χ1n) is 8.12. The van der Waals surface area contributed by atoms with Crippen LogP contribution in [0.4, 0.5) is 0 Å². The lowest BCUT2D eigenvalue weighted by Crippen LogP contribution is -2.13. The molecule has 0 bridgehead atoms. The summed E-state index contributed by atoms with van der Waals surface area (Å²) < 4.78 is 29.7. The molecule has 22 heavy (non-hydrogen) atoms. The molecular formula is C17H26O4S. The van der Waals surface area contributed by atoms with Gasteiger partial charge in [-0.25, -0.2) is 8.42 Å². The topological polar surface area (TPSA) is 63.6 Å². The minimum absolute atomic E-state index is 0.133. The van der Waals surface area contributed by atoms with Crippen LogP contribution in [0.25, 0.3) is 0 Å². The number of aryl methyl sites for hydroxylation is 1. The number of unbranched alkanes of at least 4 members (excludes halogenated alkanes) is 2. The van der Waals surface area contributed by atoms with Gasteiger partial charge in [-0.1, -0.05) is 18.6 Å². The van der Waals surface area contributed by atoms with E-state index in [-0.39, 0.29) is 18.1 Å². The van der Waals surface area contributed by atoms with Crippen LogP contribution in [0.1, 0.15) is 37.7 Å². The molecule has 1 aromatic carbocycles. The molecule has 0 radical (unpaired) electrons. The predicted octanol–water partition coefficient (Wildman–Crippen LogP) is 2.60. The molecule has 5 heteroatoms. The van der Waals surface area contributed by atoms with Gasteiger partial charge in [-0.05, 0) is 55.7 Å². The average molecular weight is 326 g/mol. The molecule has 0 heterocycles. The van der Waals surface area contributed by atoms with Crippen molar-refractivity contribution in [1.82, 2.24) is 0 Å². The Kier molecular flexibility index (Phi) is 6.70. The van der Waals surface area contributed by atoms with E-state index in [0.717, 1.165) is 24.3 Å². The van der Waals surface area contributed by atoms with E-state index in [9.17, 15) is 8.42 Å². The molecule has 1 aromatic rings. The second-order valence-electron chi connectivity index (χ2n) is 6.09. The van der Waals surface area contributed by atoms with Gasteiger partial charge in [-0.3, -0.25) is 0 Å². The van der Waals surface area contributed by atoms with Crippen molar-refractivity contribution in [2.45, 2.75) is 38.5 Å². The minimum Gasteiger partial charge on any atom is -0.493 e. The first kappa shape index (κ1) is 17.3. The molecule has 0 unspecified atom stereocenters. The lowest BCUT2D eigenvalue weighted by atomic mass is 10.2. The number of aliphatic hydroxyl groups is 1. The van der Waals surface area contributed by atoms with Gasteiger partial charge in [0, 0.05) is 6.61 Å². The average Bonchev–Trinajstić information content (AvgIpc) is 3.33. The molecule has 124 valence electrons. The molecular weight excluding hydrogens is 300 g/mol. The Hall–Kier alpha value is -1.07. The van der Waals surface area contributed by atoms with Crippen LogP contribution in [-0.4, -0.2) is 38.2 Å². The fourth-order valence-electron chi connectivity index (χ4n) is 2.28. The third-order valence-electron chi connectivity index (χ3n) is 3.90. The summed E-state index contributed by atoms with van der Waals surface area (Å²) in [4.78, 5) is 0. The smallest absolute Gasteiger partial charge is 0.150 e. The summed E-state index contributed by atoms with van der Waals surface area (Å²) in [6, 6.07) is 7.75. The van der Waals surface area contributed by atoms with Gasteiger partial charge in [0.1, 0.15) is 5.75 Å². The fourth-order valence-corrected chi connectivity index (χ4v) is 3.67. The maximum Gasteiger partial charge on any atom is 0.150 e. The monoisotopic (exact) mass is 326 g/mol. The van der Waals surface area contributed by atoms with Crippen LogP contribution < -0.4 is 4.74 Å². The maximum absolute atomic E-state index is 12.0. The van der Waals surface area contributed by atoms with Crippen molar-refractivity contribution in [3.63, 3.8) is 0 Å². The van der Waals surface area contributed by atoms with Crippen molar-refractivity contribution >= 4 is 9.84 Å². The van der Waals surface area contributed by atoms with Crippen LogP contribution in [-0.2, 0) is 16.3 Å². The van der Waals surface area contributed by atoms with E-state index in [1.165, 1.54) is 12.8 Å². The summed E-state index contributed by atoms with van der Waals surface area (Å²) in [5.74, 6) is 1.94. The molecule has 1 aliphatic rings. The maximum atomic E-state index is 12.0. The lowest BCUT2D eigenvalue weighted by Gasteiger charge is -2.08. The zero-order chi connectivity index (χ0) is 15.8. The molecule has 1 saturated carbocycles. The molecule has 0 atom stereocenters. The molecule has 0 aliphatic heterocycles. The van der Waals surface area contributed by atoms with Crippen molar-refractivity contribution in [2.24, 2.45) is 5.92 Å². The largest absolute Gasteiger partial charge is 0.493 e. The lowest BCUT2D eigenvalue weighted by molar-refractivity contribution is 0.284. The standard InChI is InChI=1S/C17H26O4S/c18-10-2-1-3-11-22(19,20)12-9-15-5-4-6-17(13-15)21-14-16-7-8-16/h4-6,13,16,18H,1-3,7-12,14H2. The van der Waals surface area contributed by atoms with Gasteiger partial charge in [-0.15, -0.1) is 0 Å². The Balaban J connectivity index is 1.75. The molecule has 0 saturated heterocycles. The second kappa shape index (κ2) is 8.53. The molecule has 2 rings (SSSR count). The van der Waals surface area contributed by atoms with Crippen molar-refractivity contribution in [3.8, 4) is 5.75 Å². The minimum atomic E-state index is -3.01. The van der Waals surface area contributed by atoms with E-state index < -0.39 is 9.84 Å². The zero-order valence-corrected chi connectivity index (χ0v) is 13.9. The molecule has 0 spiro atoms.